The summed E-state index contributed by atoms with van der Waals surface area (Å²) < 4.78 is 49.6. The first-order chi connectivity index (χ1) is 18.1. The first-order valence-corrected chi connectivity index (χ1v) is 12.6. The quantitative estimate of drug-likeness (QED) is 0.468. The molecule has 3 aliphatic rings. The number of nitrogens with zero attached hydrogens (tertiary/aromatic N) is 4. The molecular weight excluding hydrogens is 499 g/mol. The van der Waals surface area contributed by atoms with E-state index in [0.29, 0.717) is 50.3 Å². The minimum Gasteiger partial charge on any atom is -0.389 e. The lowest BCUT2D eigenvalue weighted by atomic mass is 9.75. The molecule has 2 aliphatic heterocycles. The molecule has 2 N–H and O–H groups in total. The van der Waals surface area contributed by atoms with Crippen LogP contribution in [0.5, 0.6) is 0 Å². The van der Waals surface area contributed by atoms with E-state index in [0.717, 1.165) is 17.5 Å². The first-order valence-electron chi connectivity index (χ1n) is 12.6. The zero-order valence-electron chi connectivity index (χ0n) is 20.9. The van der Waals surface area contributed by atoms with Crippen LogP contribution in [0.2, 0.25) is 0 Å². The van der Waals surface area contributed by atoms with Crippen molar-refractivity contribution in [1.29, 1.82) is 0 Å². The van der Waals surface area contributed by atoms with Gasteiger partial charge >= 0.3 is 6.18 Å². The summed E-state index contributed by atoms with van der Waals surface area (Å²) >= 11 is 0. The van der Waals surface area contributed by atoms with Gasteiger partial charge in [0.25, 0.3) is 5.91 Å². The van der Waals surface area contributed by atoms with Crippen LogP contribution in [-0.2, 0) is 42.9 Å². The van der Waals surface area contributed by atoms with Crippen molar-refractivity contribution in [2.24, 2.45) is 7.05 Å². The van der Waals surface area contributed by atoms with Crippen LogP contribution in [-0.4, -0.2) is 51.1 Å². The van der Waals surface area contributed by atoms with Crippen molar-refractivity contribution < 1.29 is 27.8 Å². The molecular formula is C27H28F3N5O3. The van der Waals surface area contributed by atoms with Gasteiger partial charge in [0.15, 0.2) is 0 Å². The highest BCUT2D eigenvalue weighted by Crippen LogP contribution is 2.42. The molecule has 2 fully saturated rings. The Morgan fingerprint density at radius 1 is 1.18 bits per heavy atom. The zero-order valence-corrected chi connectivity index (χ0v) is 20.9. The van der Waals surface area contributed by atoms with Crippen LogP contribution < -0.4 is 10.2 Å². The Kier molecular flexibility index (Phi) is 5.85. The number of rotatable bonds is 8. The van der Waals surface area contributed by atoms with Crippen LogP contribution in [0, 0.1) is 0 Å². The van der Waals surface area contributed by atoms with Crippen molar-refractivity contribution in [3.8, 4) is 0 Å². The Labute approximate surface area is 217 Å². The van der Waals surface area contributed by atoms with E-state index >= 15 is 0 Å². The average molecular weight is 528 g/mol. The minimum atomic E-state index is -4.60. The molecule has 1 aromatic heterocycles. The van der Waals surface area contributed by atoms with Crippen LogP contribution in [0.4, 0.5) is 18.9 Å². The number of nitrogens with one attached hydrogen (secondary N) is 1. The summed E-state index contributed by atoms with van der Waals surface area (Å²) in [6, 6.07) is 10.0. The number of aromatic nitrogens is 3. The molecule has 38 heavy (non-hydrogen) atoms. The molecule has 0 unspecified atom stereocenters. The lowest BCUT2D eigenvalue weighted by Gasteiger charge is -2.42. The van der Waals surface area contributed by atoms with Crippen LogP contribution in [0.25, 0.3) is 0 Å². The van der Waals surface area contributed by atoms with Crippen LogP contribution >= 0.6 is 0 Å². The maximum absolute atomic E-state index is 14.1. The van der Waals surface area contributed by atoms with Gasteiger partial charge in [-0.25, -0.2) is 0 Å². The van der Waals surface area contributed by atoms with Gasteiger partial charge in [0.2, 0.25) is 0 Å². The summed E-state index contributed by atoms with van der Waals surface area (Å²) in [4.78, 5) is 14.9. The number of carbonyl (C=O) groups excluding carboxylic acids is 1. The molecule has 0 atom stereocenters. The van der Waals surface area contributed by atoms with Crippen molar-refractivity contribution in [2.75, 3.05) is 24.7 Å². The number of aryl methyl sites for hydroxylation is 1. The number of carbonyl (C=O) groups is 1. The van der Waals surface area contributed by atoms with E-state index in [9.17, 15) is 23.1 Å². The van der Waals surface area contributed by atoms with Crippen molar-refractivity contribution in [3.05, 3.63) is 76.4 Å². The number of hydrogen-bond donors (Lipinski definition) is 2. The minimum absolute atomic E-state index is 0.0155. The van der Waals surface area contributed by atoms with Gasteiger partial charge in [-0.3, -0.25) is 4.79 Å². The molecule has 1 saturated carbocycles. The van der Waals surface area contributed by atoms with Gasteiger partial charge < -0.3 is 24.6 Å². The number of fused-ring (bicyclic) bond motifs is 1. The molecule has 11 heteroatoms. The SMILES string of the molecule is Cn1cnnc1CC1(c2cccc(N3Cc4c(cc(CNCC5(O)CC5)cc4C(F)(F)F)C3=O)c2)COC1. The molecule has 2 aromatic carbocycles. The second-order valence-electron chi connectivity index (χ2n) is 10.7. The highest BCUT2D eigenvalue weighted by Gasteiger charge is 2.44. The van der Waals surface area contributed by atoms with E-state index in [-0.39, 0.29) is 29.6 Å². The van der Waals surface area contributed by atoms with Gasteiger partial charge in [0.1, 0.15) is 12.2 Å². The fraction of sp³-hybridized carbons (Fsp3) is 0.444. The van der Waals surface area contributed by atoms with Gasteiger partial charge in [-0.05, 0) is 53.8 Å². The van der Waals surface area contributed by atoms with Crippen LogP contribution in [0.3, 0.4) is 0 Å². The number of hydrogen-bond acceptors (Lipinski definition) is 6. The van der Waals surface area contributed by atoms with Gasteiger partial charge in [-0.15, -0.1) is 10.2 Å². The predicted octanol–water partition coefficient (Wildman–Crippen LogP) is 3.12. The summed E-state index contributed by atoms with van der Waals surface area (Å²) in [5.74, 6) is 0.339. The van der Waals surface area contributed by atoms with E-state index in [2.05, 4.69) is 15.5 Å². The van der Waals surface area contributed by atoms with E-state index in [4.69, 9.17) is 4.74 Å². The number of anilines is 1. The molecule has 200 valence electrons. The summed E-state index contributed by atoms with van der Waals surface area (Å²) in [5.41, 5.74) is -0.0336. The second kappa shape index (κ2) is 8.89. The van der Waals surface area contributed by atoms with Crippen LogP contribution in [0.15, 0.2) is 42.7 Å². The van der Waals surface area contributed by atoms with Crippen molar-refractivity contribution in [2.45, 2.75) is 49.5 Å². The molecule has 3 heterocycles. The molecule has 0 spiro atoms. The third-order valence-electron chi connectivity index (χ3n) is 7.85. The van der Waals surface area contributed by atoms with Crippen LogP contribution in [0.1, 0.15) is 51.3 Å². The molecule has 3 aromatic rings. The van der Waals surface area contributed by atoms with Gasteiger partial charge in [-0.2, -0.15) is 13.2 Å². The number of alkyl halides is 3. The lowest BCUT2D eigenvalue weighted by molar-refractivity contribution is -0.138. The van der Waals surface area contributed by atoms with Gasteiger partial charge in [-0.1, -0.05) is 12.1 Å². The number of halogens is 3. The fourth-order valence-electron chi connectivity index (χ4n) is 5.29. The monoisotopic (exact) mass is 527 g/mol. The van der Waals surface area contributed by atoms with Gasteiger partial charge in [0.05, 0.1) is 30.9 Å². The Bertz CT molecular complexity index is 1390. The topological polar surface area (TPSA) is 92.5 Å². The summed E-state index contributed by atoms with van der Waals surface area (Å²) in [6.45, 7) is 1.22. The third kappa shape index (κ3) is 4.48. The number of amides is 1. The Morgan fingerprint density at radius 3 is 2.61 bits per heavy atom. The number of aliphatic hydroxyl groups is 1. The molecule has 0 bridgehead atoms. The highest BCUT2D eigenvalue weighted by atomic mass is 19.4. The average Bonchev–Trinajstić information content (AvgIpc) is 3.30. The Morgan fingerprint density at radius 2 is 1.97 bits per heavy atom. The lowest BCUT2D eigenvalue weighted by Crippen LogP contribution is -2.49. The van der Waals surface area contributed by atoms with E-state index in [1.807, 2.05) is 29.8 Å². The van der Waals surface area contributed by atoms with Crippen molar-refractivity contribution in [3.63, 3.8) is 0 Å². The standard InChI is InChI=1S/C27H28F3N5O3/c1-34-16-32-33-23(34)10-25(14-38-15-25)18-3-2-4-19(9-18)35-12-21-20(24(35)36)7-17(8-22(21)27(28,29)30)11-31-13-26(37)5-6-26/h2-4,7-9,16,31,37H,5-6,10-15H2,1H3. The summed E-state index contributed by atoms with van der Waals surface area (Å²) in [6.07, 6.45) is -1.02. The first kappa shape index (κ1) is 25.0. The van der Waals surface area contributed by atoms with E-state index in [1.54, 1.807) is 12.4 Å². The van der Waals surface area contributed by atoms with E-state index in [1.165, 1.54) is 11.0 Å². The summed E-state index contributed by atoms with van der Waals surface area (Å²) in [5, 5.41) is 21.2. The summed E-state index contributed by atoms with van der Waals surface area (Å²) in [7, 11) is 1.87. The normalized spacial score (nSPS) is 19.4. The number of benzene rings is 2. The molecule has 1 amide bonds. The molecule has 6 rings (SSSR count). The predicted molar refractivity (Wildman–Crippen MR) is 131 cm³/mol. The van der Waals surface area contributed by atoms with E-state index < -0.39 is 23.2 Å². The zero-order chi connectivity index (χ0) is 26.7. The smallest absolute Gasteiger partial charge is 0.389 e. The Hall–Kier alpha value is -3.28. The van der Waals surface area contributed by atoms with Gasteiger partial charge in [0, 0.05) is 43.2 Å². The second-order valence-corrected chi connectivity index (χ2v) is 10.7. The molecule has 1 saturated heterocycles. The maximum atomic E-state index is 14.1. The molecule has 1 aliphatic carbocycles. The Balaban J connectivity index is 1.29. The molecule has 8 nitrogen and oxygen atoms in total. The highest BCUT2D eigenvalue weighted by molar-refractivity contribution is 6.10. The van der Waals surface area contributed by atoms with Crippen molar-refractivity contribution in [1.82, 2.24) is 20.1 Å². The fourth-order valence-corrected chi connectivity index (χ4v) is 5.29. The third-order valence-corrected chi connectivity index (χ3v) is 7.85. The maximum Gasteiger partial charge on any atom is 0.416 e. The van der Waals surface area contributed by atoms with Crippen molar-refractivity contribution >= 4 is 11.6 Å². The number of ether oxygens (including phenoxy) is 1. The largest absolute Gasteiger partial charge is 0.416 e. The molecule has 0 radical (unpaired) electrons.